The molecule has 0 fully saturated rings. The van der Waals surface area contributed by atoms with Crippen molar-refractivity contribution < 1.29 is 14.7 Å². The van der Waals surface area contributed by atoms with Crippen LogP contribution < -0.4 is 10.6 Å². The van der Waals surface area contributed by atoms with E-state index in [1.54, 1.807) is 36.5 Å². The number of aliphatic imine (C=N–C) groups is 1. The van der Waals surface area contributed by atoms with E-state index in [9.17, 15) is 14.7 Å². The highest BCUT2D eigenvalue weighted by Gasteiger charge is 2.21. The molecule has 2 heterocycles. The Morgan fingerprint density at radius 1 is 1.21 bits per heavy atom. The lowest BCUT2D eigenvalue weighted by atomic mass is 9.99. The summed E-state index contributed by atoms with van der Waals surface area (Å²) in [4.78, 5) is 31.4. The number of hydrogen-bond donors (Lipinski definition) is 3. The summed E-state index contributed by atoms with van der Waals surface area (Å²) >= 11 is 12.9. The van der Waals surface area contributed by atoms with Gasteiger partial charge in [-0.15, -0.1) is 0 Å². The van der Waals surface area contributed by atoms with Crippen LogP contribution in [0.1, 0.15) is 11.1 Å². The molecule has 0 atom stereocenters. The normalized spacial score (nSPS) is 13.3. The van der Waals surface area contributed by atoms with Gasteiger partial charge >= 0.3 is 0 Å². The van der Waals surface area contributed by atoms with Gasteiger partial charge in [-0.2, -0.15) is 0 Å². The van der Waals surface area contributed by atoms with Crippen molar-refractivity contribution in [2.45, 2.75) is 6.42 Å². The maximum Gasteiger partial charge on any atom is 0.291 e. The Hall–Kier alpha value is -3.16. The number of pyridine rings is 1. The fourth-order valence-electron chi connectivity index (χ4n) is 3.09. The number of anilines is 1. The fourth-order valence-corrected chi connectivity index (χ4v) is 3.71. The second-order valence-corrected chi connectivity index (χ2v) is 7.22. The first kappa shape index (κ1) is 19.2. The molecule has 2 amide bonds. The number of rotatable bonds is 4. The molecule has 0 bridgehead atoms. The van der Waals surface area contributed by atoms with Gasteiger partial charge in [0.05, 0.1) is 0 Å². The number of phenolic OH excluding ortho intramolecular Hbond substituents is 1. The number of carbonyl (C=O) groups excluding carboxylic acids is 2. The van der Waals surface area contributed by atoms with Crippen molar-refractivity contribution in [3.63, 3.8) is 0 Å². The summed E-state index contributed by atoms with van der Waals surface area (Å²) in [6.45, 7) is -0.0708. The van der Waals surface area contributed by atoms with Gasteiger partial charge in [-0.05, 0) is 35.4 Å². The number of benzene rings is 2. The van der Waals surface area contributed by atoms with Crippen LogP contribution in [0.15, 0.2) is 47.6 Å². The maximum atomic E-state index is 12.2. The first-order chi connectivity index (χ1) is 13.9. The summed E-state index contributed by atoms with van der Waals surface area (Å²) in [6.07, 6.45) is 2.03. The topological polar surface area (TPSA) is 104 Å². The van der Waals surface area contributed by atoms with Crippen LogP contribution in [0.2, 0.25) is 10.0 Å². The zero-order valence-electron chi connectivity index (χ0n) is 14.9. The molecule has 29 heavy (non-hydrogen) atoms. The Morgan fingerprint density at radius 3 is 2.66 bits per heavy atom. The molecule has 1 aromatic heterocycles. The Morgan fingerprint density at radius 2 is 1.97 bits per heavy atom. The zero-order chi connectivity index (χ0) is 20.5. The van der Waals surface area contributed by atoms with E-state index in [2.05, 4.69) is 20.6 Å². The molecule has 4 rings (SSSR count). The quantitative estimate of drug-likeness (QED) is 0.592. The number of hydrogen-bond acceptors (Lipinski definition) is 5. The monoisotopic (exact) mass is 428 g/mol. The minimum Gasteiger partial charge on any atom is -0.506 e. The summed E-state index contributed by atoms with van der Waals surface area (Å²) in [5.41, 5.74) is 2.46. The standard InChI is InChI=1S/C20H14Cl2N4O3/c21-14-7-11(25-20(29)19-24-9-17(28)26-19)8-15(22)13(14)6-10-3-4-16(27)18-12(10)2-1-5-23-18/h1-5,7-8,27H,6,9H2,(H,25,29)(H,24,26,28). The van der Waals surface area contributed by atoms with E-state index in [0.29, 0.717) is 33.2 Å². The number of carbonyl (C=O) groups is 2. The highest BCUT2D eigenvalue weighted by molar-refractivity contribution is 6.46. The second-order valence-electron chi connectivity index (χ2n) is 6.41. The maximum absolute atomic E-state index is 12.2. The molecule has 3 N–H and O–H groups in total. The first-order valence-corrected chi connectivity index (χ1v) is 9.37. The van der Waals surface area contributed by atoms with Gasteiger partial charge in [0.2, 0.25) is 5.91 Å². The minimum atomic E-state index is -0.550. The van der Waals surface area contributed by atoms with Gasteiger partial charge in [-0.25, -0.2) is 0 Å². The number of halogens is 2. The van der Waals surface area contributed by atoms with Gasteiger partial charge in [-0.3, -0.25) is 19.6 Å². The fraction of sp³-hybridized carbons (Fsp3) is 0.100. The number of phenols is 1. The van der Waals surface area contributed by atoms with Crippen LogP contribution in [0.3, 0.4) is 0 Å². The van der Waals surface area contributed by atoms with Gasteiger partial charge in [0, 0.05) is 33.7 Å². The molecule has 1 aliphatic heterocycles. The van der Waals surface area contributed by atoms with Gasteiger partial charge < -0.3 is 15.7 Å². The van der Waals surface area contributed by atoms with Crippen LogP contribution in [0.5, 0.6) is 5.75 Å². The number of aromatic nitrogens is 1. The molecule has 2 aromatic carbocycles. The van der Waals surface area contributed by atoms with Gasteiger partial charge in [-0.1, -0.05) is 35.3 Å². The lowest BCUT2D eigenvalue weighted by Gasteiger charge is -2.13. The number of nitrogens with zero attached hydrogens (tertiary/aromatic N) is 2. The molecule has 0 radical (unpaired) electrons. The van der Waals surface area contributed by atoms with Gasteiger partial charge in [0.1, 0.15) is 17.8 Å². The van der Waals surface area contributed by atoms with Crippen molar-refractivity contribution in [2.24, 2.45) is 4.99 Å². The van der Waals surface area contributed by atoms with E-state index >= 15 is 0 Å². The van der Waals surface area contributed by atoms with Crippen molar-refractivity contribution >= 4 is 57.4 Å². The Kier molecular flexibility index (Phi) is 5.08. The second kappa shape index (κ2) is 7.69. The molecule has 146 valence electrons. The van der Waals surface area contributed by atoms with E-state index in [4.69, 9.17) is 23.2 Å². The summed E-state index contributed by atoms with van der Waals surface area (Å²) in [5, 5.41) is 16.5. The summed E-state index contributed by atoms with van der Waals surface area (Å²) in [7, 11) is 0. The lowest BCUT2D eigenvalue weighted by molar-refractivity contribution is -0.118. The molecule has 9 heteroatoms. The van der Waals surface area contributed by atoms with Gasteiger partial charge in [0.25, 0.3) is 5.91 Å². The van der Waals surface area contributed by atoms with Gasteiger partial charge in [0.15, 0.2) is 5.84 Å². The largest absolute Gasteiger partial charge is 0.506 e. The molecule has 0 aliphatic carbocycles. The average molecular weight is 429 g/mol. The van der Waals surface area contributed by atoms with E-state index < -0.39 is 5.91 Å². The van der Waals surface area contributed by atoms with Crippen molar-refractivity contribution in [1.29, 1.82) is 0 Å². The van der Waals surface area contributed by atoms with Crippen molar-refractivity contribution in [2.75, 3.05) is 11.9 Å². The SMILES string of the molecule is O=C1CN=C(C(=O)Nc2cc(Cl)c(Cc3ccc(O)c4ncccc34)c(Cl)c2)N1. The number of amidine groups is 1. The lowest BCUT2D eigenvalue weighted by Crippen LogP contribution is -2.34. The predicted molar refractivity (Wildman–Crippen MR) is 112 cm³/mol. The molecule has 0 spiro atoms. The smallest absolute Gasteiger partial charge is 0.291 e. The molecule has 1 aliphatic rings. The average Bonchev–Trinajstić information content (AvgIpc) is 3.13. The van der Waals surface area contributed by atoms with Crippen LogP contribution in [0, 0.1) is 0 Å². The van der Waals surface area contributed by atoms with Crippen LogP contribution in [0.25, 0.3) is 10.9 Å². The Bertz CT molecular complexity index is 1170. The molecule has 3 aromatic rings. The molecule has 0 unspecified atom stereocenters. The van der Waals surface area contributed by atoms with Crippen LogP contribution in [-0.4, -0.2) is 34.3 Å². The summed E-state index contributed by atoms with van der Waals surface area (Å²) < 4.78 is 0. The Balaban J connectivity index is 1.61. The van der Waals surface area contributed by atoms with Crippen molar-refractivity contribution in [3.05, 3.63) is 63.8 Å². The third-order valence-electron chi connectivity index (χ3n) is 4.46. The van der Waals surface area contributed by atoms with Crippen molar-refractivity contribution in [1.82, 2.24) is 10.3 Å². The summed E-state index contributed by atoms with van der Waals surface area (Å²) in [6, 6.07) is 10.2. The number of nitrogens with one attached hydrogen (secondary N) is 2. The van der Waals surface area contributed by atoms with Crippen LogP contribution in [0.4, 0.5) is 5.69 Å². The predicted octanol–water partition coefficient (Wildman–Crippen LogP) is 3.30. The van der Waals surface area contributed by atoms with Crippen molar-refractivity contribution in [3.8, 4) is 5.75 Å². The van der Waals surface area contributed by atoms with E-state index in [1.165, 1.54) is 0 Å². The first-order valence-electron chi connectivity index (χ1n) is 8.61. The highest BCUT2D eigenvalue weighted by Crippen LogP contribution is 2.34. The number of aromatic hydroxyl groups is 1. The number of fused-ring (bicyclic) bond motifs is 1. The molecule has 7 nitrogen and oxygen atoms in total. The number of amides is 2. The van der Waals surface area contributed by atoms with Crippen LogP contribution in [-0.2, 0) is 16.0 Å². The third kappa shape index (κ3) is 3.87. The van der Waals surface area contributed by atoms with E-state index in [-0.39, 0.29) is 24.0 Å². The highest BCUT2D eigenvalue weighted by atomic mass is 35.5. The Labute approximate surface area is 175 Å². The summed E-state index contributed by atoms with van der Waals surface area (Å²) in [5.74, 6) is -0.834. The van der Waals surface area contributed by atoms with Crippen LogP contribution >= 0.6 is 23.2 Å². The molecule has 0 saturated heterocycles. The molecular weight excluding hydrogens is 415 g/mol. The zero-order valence-corrected chi connectivity index (χ0v) is 16.4. The molecule has 0 saturated carbocycles. The minimum absolute atomic E-state index is 0.0469. The van der Waals surface area contributed by atoms with E-state index in [0.717, 1.165) is 10.9 Å². The molecular formula is C20H14Cl2N4O3. The van der Waals surface area contributed by atoms with E-state index in [1.807, 2.05) is 6.07 Å². The third-order valence-corrected chi connectivity index (χ3v) is 5.13.